The van der Waals surface area contributed by atoms with E-state index in [0.717, 1.165) is 49.7 Å². The highest BCUT2D eigenvalue weighted by molar-refractivity contribution is 7.92. The molecule has 1 aliphatic rings. The standard InChI is InChI=1S/C34H34ClN5O5S/c1-43-33-19-25-16-18-39(21-26(25)20-34(33)44-2)17-15-24-7-11-29(12-8-24)40-22-28(36-38-40)23-45-32-6-4-3-5-31(32)37-46(41,42)30-13-9-27(35)10-14-30/h3-14,19-20,22,37H,15-18,21,23H2,1-2H3. The van der Waals surface area contributed by atoms with Gasteiger partial charge in [-0.2, -0.15) is 0 Å². The zero-order chi connectivity index (χ0) is 32.1. The molecule has 5 aromatic rings. The summed E-state index contributed by atoms with van der Waals surface area (Å²) in [6.07, 6.45) is 3.71. The Morgan fingerprint density at radius 1 is 0.891 bits per heavy atom. The molecule has 0 radical (unpaired) electrons. The molecular formula is C34H34ClN5O5S. The summed E-state index contributed by atoms with van der Waals surface area (Å²) in [6.45, 7) is 2.95. The van der Waals surface area contributed by atoms with E-state index in [-0.39, 0.29) is 11.5 Å². The van der Waals surface area contributed by atoms with Gasteiger partial charge < -0.3 is 14.2 Å². The average molecular weight is 660 g/mol. The summed E-state index contributed by atoms with van der Waals surface area (Å²) in [6, 6.07) is 25.3. The SMILES string of the molecule is COc1cc2c(cc1OC)CN(CCc1ccc(-n3cc(COc4ccccc4NS(=O)(=O)c4ccc(Cl)cc4)nn3)cc1)CC2. The fraction of sp³-hybridized carbons (Fsp3) is 0.235. The Morgan fingerprint density at radius 3 is 2.35 bits per heavy atom. The zero-order valence-electron chi connectivity index (χ0n) is 25.5. The van der Waals surface area contributed by atoms with Gasteiger partial charge in [-0.25, -0.2) is 13.1 Å². The van der Waals surface area contributed by atoms with Crippen molar-refractivity contribution in [1.29, 1.82) is 0 Å². The van der Waals surface area contributed by atoms with Crippen LogP contribution in [0.3, 0.4) is 0 Å². The molecule has 4 aromatic carbocycles. The molecule has 0 unspecified atom stereocenters. The van der Waals surface area contributed by atoms with Crippen LogP contribution < -0.4 is 18.9 Å². The van der Waals surface area contributed by atoms with Crippen molar-refractivity contribution in [3.8, 4) is 22.9 Å². The van der Waals surface area contributed by atoms with E-state index in [9.17, 15) is 8.42 Å². The Balaban J connectivity index is 1.03. The maximum absolute atomic E-state index is 12.9. The van der Waals surface area contributed by atoms with Crippen molar-refractivity contribution in [3.05, 3.63) is 119 Å². The number of benzene rings is 4. The van der Waals surface area contributed by atoms with Crippen LogP contribution >= 0.6 is 11.6 Å². The number of anilines is 1. The number of hydrogen-bond donors (Lipinski definition) is 1. The lowest BCUT2D eigenvalue weighted by molar-refractivity contribution is 0.255. The van der Waals surface area contributed by atoms with Crippen molar-refractivity contribution in [2.24, 2.45) is 0 Å². The van der Waals surface area contributed by atoms with Crippen LogP contribution in [-0.4, -0.2) is 55.6 Å². The third-order valence-corrected chi connectivity index (χ3v) is 9.52. The number of para-hydroxylation sites is 2. The number of fused-ring (bicyclic) bond motifs is 1. The van der Waals surface area contributed by atoms with Gasteiger partial charge in [0, 0.05) is 24.7 Å². The van der Waals surface area contributed by atoms with E-state index < -0.39 is 10.0 Å². The zero-order valence-corrected chi connectivity index (χ0v) is 27.1. The summed E-state index contributed by atoms with van der Waals surface area (Å²) in [4.78, 5) is 2.56. The fourth-order valence-corrected chi connectivity index (χ4v) is 6.57. The summed E-state index contributed by atoms with van der Waals surface area (Å²) in [5.74, 6) is 1.92. The summed E-state index contributed by atoms with van der Waals surface area (Å²) >= 11 is 5.91. The summed E-state index contributed by atoms with van der Waals surface area (Å²) in [5, 5.41) is 8.96. The van der Waals surface area contributed by atoms with E-state index >= 15 is 0 Å². The second kappa shape index (κ2) is 13.8. The molecule has 0 atom stereocenters. The second-order valence-electron chi connectivity index (χ2n) is 10.9. The van der Waals surface area contributed by atoms with Gasteiger partial charge in [-0.15, -0.1) is 5.10 Å². The number of ether oxygens (including phenoxy) is 3. The Morgan fingerprint density at radius 2 is 1.61 bits per heavy atom. The summed E-state index contributed by atoms with van der Waals surface area (Å²) in [5.41, 5.74) is 5.63. The number of hydrogen-bond acceptors (Lipinski definition) is 8. The van der Waals surface area contributed by atoms with Crippen molar-refractivity contribution in [2.45, 2.75) is 30.9 Å². The molecule has 0 saturated heterocycles. The smallest absolute Gasteiger partial charge is 0.262 e. The number of nitrogens with zero attached hydrogens (tertiary/aromatic N) is 4. The van der Waals surface area contributed by atoms with E-state index in [4.69, 9.17) is 25.8 Å². The molecule has 6 rings (SSSR count). The first-order valence-corrected chi connectivity index (χ1v) is 16.6. The highest BCUT2D eigenvalue weighted by Gasteiger charge is 2.20. The normalized spacial score (nSPS) is 13.2. The Labute approximate surface area is 273 Å². The van der Waals surface area contributed by atoms with E-state index in [1.807, 2.05) is 12.1 Å². The molecule has 12 heteroatoms. The summed E-state index contributed by atoms with van der Waals surface area (Å²) < 4.78 is 47.0. The van der Waals surface area contributed by atoms with Crippen LogP contribution in [0.4, 0.5) is 5.69 Å². The average Bonchev–Trinajstić information content (AvgIpc) is 3.55. The van der Waals surface area contributed by atoms with Crippen LogP contribution in [0.5, 0.6) is 17.2 Å². The molecule has 238 valence electrons. The molecule has 10 nitrogen and oxygen atoms in total. The maximum atomic E-state index is 12.9. The van der Waals surface area contributed by atoms with Gasteiger partial charge in [-0.05, 0) is 90.2 Å². The largest absolute Gasteiger partial charge is 0.493 e. The van der Waals surface area contributed by atoms with Crippen LogP contribution in [0.15, 0.2) is 96.0 Å². The molecular weight excluding hydrogens is 626 g/mol. The minimum Gasteiger partial charge on any atom is -0.493 e. The van der Waals surface area contributed by atoms with Crippen molar-refractivity contribution in [2.75, 3.05) is 32.0 Å². The lowest BCUT2D eigenvalue weighted by atomic mass is 9.98. The highest BCUT2D eigenvalue weighted by atomic mass is 35.5. The topological polar surface area (TPSA) is 108 Å². The number of rotatable bonds is 12. The Bertz CT molecular complexity index is 1910. The molecule has 0 bridgehead atoms. The second-order valence-corrected chi connectivity index (χ2v) is 13.0. The van der Waals surface area contributed by atoms with Gasteiger partial charge in [0.05, 0.1) is 36.7 Å². The van der Waals surface area contributed by atoms with E-state index in [0.29, 0.717) is 22.2 Å². The quantitative estimate of drug-likeness (QED) is 0.176. The number of aromatic nitrogens is 3. The van der Waals surface area contributed by atoms with Crippen molar-refractivity contribution < 1.29 is 22.6 Å². The van der Waals surface area contributed by atoms with Crippen LogP contribution in [0, 0.1) is 0 Å². The van der Waals surface area contributed by atoms with Crippen LogP contribution in [0.2, 0.25) is 5.02 Å². The van der Waals surface area contributed by atoms with Crippen LogP contribution in [0.25, 0.3) is 5.69 Å². The van der Waals surface area contributed by atoms with Gasteiger partial charge in [0.2, 0.25) is 0 Å². The molecule has 0 saturated carbocycles. The van der Waals surface area contributed by atoms with E-state index in [1.165, 1.54) is 41.0 Å². The molecule has 1 aliphatic heterocycles. The van der Waals surface area contributed by atoms with Gasteiger partial charge in [0.15, 0.2) is 11.5 Å². The third-order valence-electron chi connectivity index (χ3n) is 7.89. The number of sulfonamides is 1. The first-order chi connectivity index (χ1) is 22.3. The van der Waals surface area contributed by atoms with Gasteiger partial charge in [0.25, 0.3) is 10.0 Å². The van der Waals surface area contributed by atoms with Crippen LogP contribution in [0.1, 0.15) is 22.4 Å². The predicted octanol–water partition coefficient (Wildman–Crippen LogP) is 5.92. The van der Waals surface area contributed by atoms with Gasteiger partial charge in [-0.3, -0.25) is 9.62 Å². The molecule has 1 N–H and O–H groups in total. The van der Waals surface area contributed by atoms with E-state index in [1.54, 1.807) is 49.4 Å². The summed E-state index contributed by atoms with van der Waals surface area (Å²) in [7, 11) is -0.492. The highest BCUT2D eigenvalue weighted by Crippen LogP contribution is 2.33. The van der Waals surface area contributed by atoms with E-state index in [2.05, 4.69) is 44.2 Å². The minimum atomic E-state index is -3.83. The third kappa shape index (κ3) is 7.28. The van der Waals surface area contributed by atoms with Crippen molar-refractivity contribution >= 4 is 27.3 Å². The lowest BCUT2D eigenvalue weighted by Gasteiger charge is -2.29. The molecule has 0 aliphatic carbocycles. The van der Waals surface area contributed by atoms with Crippen LogP contribution in [-0.2, 0) is 36.0 Å². The van der Waals surface area contributed by atoms with Gasteiger partial charge in [-0.1, -0.05) is 41.1 Å². The number of nitrogens with one attached hydrogen (secondary N) is 1. The first kappa shape index (κ1) is 31.4. The lowest BCUT2D eigenvalue weighted by Crippen LogP contribution is -2.32. The molecule has 0 spiro atoms. The molecule has 2 heterocycles. The number of halogens is 1. The van der Waals surface area contributed by atoms with Crippen molar-refractivity contribution in [1.82, 2.24) is 19.9 Å². The minimum absolute atomic E-state index is 0.0976. The Kier molecular flexibility index (Phi) is 9.43. The molecule has 0 fully saturated rings. The first-order valence-electron chi connectivity index (χ1n) is 14.8. The fourth-order valence-electron chi connectivity index (χ4n) is 5.37. The predicted molar refractivity (Wildman–Crippen MR) is 177 cm³/mol. The Hall–Kier alpha value is -4.58. The van der Waals surface area contributed by atoms with Gasteiger partial charge >= 0.3 is 0 Å². The molecule has 0 amide bonds. The van der Waals surface area contributed by atoms with Gasteiger partial charge in [0.1, 0.15) is 18.1 Å². The molecule has 46 heavy (non-hydrogen) atoms. The van der Waals surface area contributed by atoms with Crippen molar-refractivity contribution in [3.63, 3.8) is 0 Å². The molecule has 1 aromatic heterocycles. The number of methoxy groups -OCH3 is 2. The monoisotopic (exact) mass is 659 g/mol. The maximum Gasteiger partial charge on any atom is 0.262 e.